The molecular formula is C23H27NO4. The van der Waals surface area contributed by atoms with Crippen LogP contribution in [0.25, 0.3) is 10.9 Å². The number of fused-ring (bicyclic) bond motifs is 1. The molecule has 0 aliphatic heterocycles. The van der Waals surface area contributed by atoms with Crippen molar-refractivity contribution in [2.75, 3.05) is 6.61 Å². The summed E-state index contributed by atoms with van der Waals surface area (Å²) in [5.74, 6) is 0.352. The molecule has 2 N–H and O–H groups in total. The van der Waals surface area contributed by atoms with Crippen molar-refractivity contribution in [2.24, 2.45) is 17.3 Å². The Morgan fingerprint density at radius 1 is 1.21 bits per heavy atom. The molecule has 1 heterocycles. The zero-order valence-electron chi connectivity index (χ0n) is 16.3. The summed E-state index contributed by atoms with van der Waals surface area (Å²) in [6.07, 6.45) is 7.43. The van der Waals surface area contributed by atoms with Gasteiger partial charge in [0.1, 0.15) is 0 Å². The number of benzene rings is 1. The topological polar surface area (TPSA) is 79.4 Å². The second kappa shape index (κ2) is 6.18. The van der Waals surface area contributed by atoms with Crippen LogP contribution in [0.2, 0.25) is 0 Å². The lowest BCUT2D eigenvalue weighted by molar-refractivity contribution is -0.195. The molecule has 0 amide bonds. The Morgan fingerprint density at radius 2 is 1.96 bits per heavy atom. The van der Waals surface area contributed by atoms with E-state index in [1.165, 1.54) is 0 Å². The SMILES string of the molecule is CCc1cccc2c(C(=O)COC(=O)C34CC5CC(CC(O)(C5)C3)C4)c[nH]c12. The number of aliphatic hydroxyl groups is 1. The molecule has 2 aromatic rings. The number of hydrogen-bond acceptors (Lipinski definition) is 4. The molecule has 148 valence electrons. The highest BCUT2D eigenvalue weighted by Gasteiger charge is 2.60. The molecule has 1 aromatic heterocycles. The summed E-state index contributed by atoms with van der Waals surface area (Å²) in [4.78, 5) is 28.9. The third-order valence-electron chi connectivity index (χ3n) is 7.28. The maximum absolute atomic E-state index is 13.0. The molecule has 2 atom stereocenters. The van der Waals surface area contributed by atoms with Crippen molar-refractivity contribution >= 4 is 22.7 Å². The second-order valence-electron chi connectivity index (χ2n) is 9.36. The molecule has 5 heteroatoms. The van der Waals surface area contributed by atoms with Gasteiger partial charge in [-0.3, -0.25) is 9.59 Å². The number of H-pyrrole nitrogens is 1. The molecule has 4 aliphatic rings. The Morgan fingerprint density at radius 3 is 2.64 bits per heavy atom. The highest BCUT2D eigenvalue weighted by atomic mass is 16.5. The van der Waals surface area contributed by atoms with Crippen molar-refractivity contribution in [3.05, 3.63) is 35.5 Å². The van der Waals surface area contributed by atoms with E-state index < -0.39 is 11.0 Å². The lowest BCUT2D eigenvalue weighted by Gasteiger charge is -2.58. The van der Waals surface area contributed by atoms with Crippen molar-refractivity contribution in [3.63, 3.8) is 0 Å². The number of hydrogen-bond donors (Lipinski definition) is 2. The summed E-state index contributed by atoms with van der Waals surface area (Å²) in [5.41, 5.74) is 1.41. The largest absolute Gasteiger partial charge is 0.457 e. The van der Waals surface area contributed by atoms with Gasteiger partial charge in [-0.15, -0.1) is 0 Å². The number of aromatic nitrogens is 1. The lowest BCUT2D eigenvalue weighted by Crippen LogP contribution is -2.58. The Kier molecular flexibility index (Phi) is 3.96. The van der Waals surface area contributed by atoms with E-state index in [0.29, 0.717) is 23.8 Å². The zero-order valence-corrected chi connectivity index (χ0v) is 16.3. The van der Waals surface area contributed by atoms with Crippen molar-refractivity contribution in [1.29, 1.82) is 0 Å². The van der Waals surface area contributed by atoms with Gasteiger partial charge >= 0.3 is 5.97 Å². The molecular weight excluding hydrogens is 354 g/mol. The maximum atomic E-state index is 13.0. The minimum atomic E-state index is -0.708. The van der Waals surface area contributed by atoms with Gasteiger partial charge in [0.25, 0.3) is 0 Å². The molecule has 0 radical (unpaired) electrons. The van der Waals surface area contributed by atoms with E-state index in [1.54, 1.807) is 6.20 Å². The van der Waals surface area contributed by atoms with Gasteiger partial charge in [0, 0.05) is 22.7 Å². The normalized spacial score (nSPS) is 33.4. The molecule has 0 saturated heterocycles. The highest BCUT2D eigenvalue weighted by molar-refractivity contribution is 6.09. The van der Waals surface area contributed by atoms with Crippen molar-refractivity contribution in [2.45, 2.75) is 57.5 Å². The minimum Gasteiger partial charge on any atom is -0.457 e. The molecule has 28 heavy (non-hydrogen) atoms. The number of rotatable bonds is 5. The van der Waals surface area contributed by atoms with Gasteiger partial charge < -0.3 is 14.8 Å². The average Bonchev–Trinajstić information content (AvgIpc) is 3.08. The number of carbonyl (C=O) groups excluding carboxylic acids is 2. The molecule has 4 bridgehead atoms. The number of ether oxygens (including phenoxy) is 1. The molecule has 1 aromatic carbocycles. The molecule has 4 fully saturated rings. The van der Waals surface area contributed by atoms with E-state index in [2.05, 4.69) is 11.9 Å². The highest BCUT2D eigenvalue weighted by Crippen LogP contribution is 2.61. The Bertz CT molecular complexity index is 945. The standard InChI is InChI=1S/C23H27NO4/c1-2-16-4-3-5-17-18(11-24-20(16)17)19(25)12-28-21(26)22-7-14-6-15(8-22)10-23(27,9-14)13-22/h3-5,11,14-15,24,27H,2,6-10,12-13H2,1H3. The number of para-hydroxylation sites is 1. The van der Waals surface area contributed by atoms with Gasteiger partial charge in [-0.05, 0) is 62.3 Å². The number of esters is 1. The van der Waals surface area contributed by atoms with Crippen LogP contribution >= 0.6 is 0 Å². The Hall–Kier alpha value is -2.14. The van der Waals surface area contributed by atoms with Crippen molar-refractivity contribution in [3.8, 4) is 0 Å². The first-order chi connectivity index (χ1) is 13.4. The summed E-state index contributed by atoms with van der Waals surface area (Å²) in [6, 6.07) is 5.92. The number of aromatic amines is 1. The van der Waals surface area contributed by atoms with E-state index in [-0.39, 0.29) is 18.4 Å². The van der Waals surface area contributed by atoms with Crippen LogP contribution < -0.4 is 0 Å². The van der Waals surface area contributed by atoms with Gasteiger partial charge in [0.2, 0.25) is 5.78 Å². The van der Waals surface area contributed by atoms with Crippen molar-refractivity contribution in [1.82, 2.24) is 4.98 Å². The van der Waals surface area contributed by atoms with Crippen molar-refractivity contribution < 1.29 is 19.4 Å². The fourth-order valence-corrected chi connectivity index (χ4v) is 6.56. The first-order valence-electron chi connectivity index (χ1n) is 10.4. The minimum absolute atomic E-state index is 0.184. The van der Waals surface area contributed by atoms with Crippen LogP contribution in [-0.4, -0.2) is 34.1 Å². The third kappa shape index (κ3) is 2.71. The third-order valence-corrected chi connectivity index (χ3v) is 7.28. The van der Waals surface area contributed by atoms with Gasteiger partial charge in [-0.1, -0.05) is 25.1 Å². The molecule has 2 unspecified atom stereocenters. The predicted molar refractivity (Wildman–Crippen MR) is 105 cm³/mol. The number of carbonyl (C=O) groups is 2. The molecule has 4 saturated carbocycles. The monoisotopic (exact) mass is 381 g/mol. The predicted octanol–water partition coefficient (Wildman–Crippen LogP) is 3.79. The summed E-state index contributed by atoms with van der Waals surface area (Å²) >= 11 is 0. The number of ketones is 1. The van der Waals surface area contributed by atoms with Crippen LogP contribution in [-0.2, 0) is 16.0 Å². The summed E-state index contributed by atoms with van der Waals surface area (Å²) in [7, 11) is 0. The van der Waals surface area contributed by atoms with Crippen LogP contribution in [0, 0.1) is 17.3 Å². The fourth-order valence-electron chi connectivity index (χ4n) is 6.56. The summed E-state index contributed by atoms with van der Waals surface area (Å²) in [6.45, 7) is 1.84. The van der Waals surface area contributed by atoms with Gasteiger partial charge in [0.15, 0.2) is 6.61 Å². The molecule has 4 aliphatic carbocycles. The zero-order chi connectivity index (χ0) is 19.5. The van der Waals surface area contributed by atoms with E-state index in [9.17, 15) is 14.7 Å². The lowest BCUT2D eigenvalue weighted by atomic mass is 9.48. The van der Waals surface area contributed by atoms with Crippen LogP contribution in [0.3, 0.4) is 0 Å². The van der Waals surface area contributed by atoms with E-state index in [1.807, 2.05) is 18.2 Å². The van der Waals surface area contributed by atoms with E-state index >= 15 is 0 Å². The summed E-state index contributed by atoms with van der Waals surface area (Å²) in [5, 5.41) is 11.7. The number of aryl methyl sites for hydroxylation is 1. The van der Waals surface area contributed by atoms with Gasteiger partial charge in [0.05, 0.1) is 11.0 Å². The van der Waals surface area contributed by atoms with E-state index in [0.717, 1.165) is 55.0 Å². The van der Waals surface area contributed by atoms with Crippen LogP contribution in [0.15, 0.2) is 24.4 Å². The first-order valence-corrected chi connectivity index (χ1v) is 10.4. The molecule has 6 rings (SSSR count). The number of nitrogens with one attached hydrogen (secondary N) is 1. The fraction of sp³-hybridized carbons (Fsp3) is 0.565. The quantitative estimate of drug-likeness (QED) is 0.610. The van der Waals surface area contributed by atoms with Gasteiger partial charge in [-0.2, -0.15) is 0 Å². The maximum Gasteiger partial charge on any atom is 0.312 e. The molecule has 5 nitrogen and oxygen atoms in total. The Balaban J connectivity index is 1.32. The molecule has 0 spiro atoms. The van der Waals surface area contributed by atoms with Crippen LogP contribution in [0.5, 0.6) is 0 Å². The second-order valence-corrected chi connectivity index (χ2v) is 9.36. The smallest absolute Gasteiger partial charge is 0.312 e. The van der Waals surface area contributed by atoms with Crippen LogP contribution in [0.1, 0.15) is 61.4 Å². The Labute approximate surface area is 164 Å². The average molecular weight is 381 g/mol. The summed E-state index contributed by atoms with van der Waals surface area (Å²) < 4.78 is 5.55. The van der Waals surface area contributed by atoms with E-state index in [4.69, 9.17) is 4.74 Å². The number of Topliss-reactive ketones (excluding diaryl/α,β-unsaturated/α-hetero) is 1. The first kappa shape index (κ1) is 17.9. The van der Waals surface area contributed by atoms with Crippen LogP contribution in [0.4, 0.5) is 0 Å². The van der Waals surface area contributed by atoms with Gasteiger partial charge in [-0.25, -0.2) is 0 Å².